The minimum Gasteiger partial charge on any atom is -0.268 e. The number of aromatic amines is 1. The fraction of sp³-hybridized carbons (Fsp3) is 0. The van der Waals surface area contributed by atoms with Crippen LogP contribution >= 0.6 is 11.6 Å². The lowest BCUT2D eigenvalue weighted by atomic mass is 10.3. The van der Waals surface area contributed by atoms with E-state index in [9.17, 15) is 17.6 Å². The van der Waals surface area contributed by atoms with Gasteiger partial charge >= 0.3 is 0 Å². The molecule has 2 rings (SSSR count). The predicted octanol–water partition coefficient (Wildman–Crippen LogP) is 1.36. The number of hydrogen-bond donors (Lipinski definition) is 2. The van der Waals surface area contributed by atoms with Gasteiger partial charge in [-0.3, -0.25) is 9.52 Å². The Bertz CT molecular complexity index is 755. The van der Waals surface area contributed by atoms with E-state index in [1.807, 2.05) is 4.72 Å². The maximum atomic E-state index is 13.5. The summed E-state index contributed by atoms with van der Waals surface area (Å²) in [4.78, 5) is 10.2. The van der Waals surface area contributed by atoms with E-state index in [1.54, 1.807) is 0 Å². The average Bonchev–Trinajstić information content (AvgIpc) is 2.31. The summed E-state index contributed by atoms with van der Waals surface area (Å²) in [6.45, 7) is 0. The van der Waals surface area contributed by atoms with Crippen molar-refractivity contribution in [1.82, 2.24) is 10.2 Å². The maximum absolute atomic E-state index is 13.5. The van der Waals surface area contributed by atoms with Crippen molar-refractivity contribution in [2.45, 2.75) is 4.90 Å². The van der Waals surface area contributed by atoms with Gasteiger partial charge in [-0.2, -0.15) is 5.10 Å². The molecule has 2 aromatic rings. The van der Waals surface area contributed by atoms with Crippen LogP contribution in [0.1, 0.15) is 0 Å². The zero-order valence-corrected chi connectivity index (χ0v) is 10.8. The summed E-state index contributed by atoms with van der Waals surface area (Å²) >= 11 is 5.54. The van der Waals surface area contributed by atoms with Gasteiger partial charge in [0.25, 0.3) is 15.6 Å². The first-order valence-electron chi connectivity index (χ1n) is 4.92. The Morgan fingerprint density at radius 2 is 2.00 bits per heavy atom. The van der Waals surface area contributed by atoms with Crippen molar-refractivity contribution in [2.75, 3.05) is 4.72 Å². The Morgan fingerprint density at radius 3 is 2.58 bits per heavy atom. The third-order valence-corrected chi connectivity index (χ3v) is 3.72. The summed E-state index contributed by atoms with van der Waals surface area (Å²) in [6.07, 6.45) is 0. The van der Waals surface area contributed by atoms with Gasteiger partial charge < -0.3 is 0 Å². The van der Waals surface area contributed by atoms with E-state index in [0.717, 1.165) is 24.3 Å². The van der Waals surface area contributed by atoms with E-state index in [1.165, 1.54) is 6.07 Å². The van der Waals surface area contributed by atoms with E-state index in [4.69, 9.17) is 11.6 Å². The van der Waals surface area contributed by atoms with Crippen LogP contribution in [0, 0.1) is 5.82 Å². The van der Waals surface area contributed by atoms with Crippen LogP contribution in [-0.4, -0.2) is 18.6 Å². The first-order chi connectivity index (χ1) is 8.88. The second-order valence-corrected chi connectivity index (χ2v) is 5.57. The summed E-state index contributed by atoms with van der Waals surface area (Å²) < 4.78 is 39.3. The van der Waals surface area contributed by atoms with E-state index in [2.05, 4.69) is 10.2 Å². The predicted molar refractivity (Wildman–Crippen MR) is 67.1 cm³/mol. The first kappa shape index (κ1) is 13.5. The van der Waals surface area contributed by atoms with E-state index in [-0.39, 0.29) is 10.8 Å². The fourth-order valence-electron chi connectivity index (χ4n) is 1.29. The molecule has 0 saturated carbocycles. The molecule has 0 spiro atoms. The topological polar surface area (TPSA) is 91.9 Å². The molecule has 0 aliphatic heterocycles. The number of aromatic nitrogens is 2. The van der Waals surface area contributed by atoms with Crippen molar-refractivity contribution >= 4 is 27.4 Å². The molecule has 6 nitrogen and oxygen atoms in total. The molecule has 0 fully saturated rings. The second-order valence-electron chi connectivity index (χ2n) is 3.49. The molecule has 9 heteroatoms. The lowest BCUT2D eigenvalue weighted by molar-refractivity contribution is 0.570. The lowest BCUT2D eigenvalue weighted by Crippen LogP contribution is -2.17. The third-order valence-electron chi connectivity index (χ3n) is 2.10. The van der Waals surface area contributed by atoms with Gasteiger partial charge in [-0.25, -0.2) is 17.9 Å². The highest BCUT2D eigenvalue weighted by Gasteiger charge is 2.19. The molecule has 1 heterocycles. The molecule has 19 heavy (non-hydrogen) atoms. The van der Waals surface area contributed by atoms with Gasteiger partial charge in [-0.1, -0.05) is 11.6 Å². The summed E-state index contributed by atoms with van der Waals surface area (Å²) in [7, 11) is -4.14. The van der Waals surface area contributed by atoms with Gasteiger partial charge in [0.05, 0.1) is 0 Å². The zero-order chi connectivity index (χ0) is 14.0. The number of nitrogens with one attached hydrogen (secondary N) is 2. The fourth-order valence-corrected chi connectivity index (χ4v) is 2.51. The summed E-state index contributed by atoms with van der Waals surface area (Å²) in [5.74, 6) is -1.11. The molecule has 0 amide bonds. The van der Waals surface area contributed by atoms with Crippen LogP contribution in [0.5, 0.6) is 0 Å². The van der Waals surface area contributed by atoms with Crippen molar-refractivity contribution in [3.63, 3.8) is 0 Å². The molecule has 0 aliphatic carbocycles. The third kappa shape index (κ3) is 3.09. The van der Waals surface area contributed by atoms with Crippen LogP contribution in [0.4, 0.5) is 10.2 Å². The van der Waals surface area contributed by atoms with Crippen LogP contribution in [0.3, 0.4) is 0 Å². The van der Waals surface area contributed by atoms with Gasteiger partial charge in [-0.05, 0) is 24.3 Å². The summed E-state index contributed by atoms with van der Waals surface area (Å²) in [6, 6.07) is 5.41. The molecule has 100 valence electrons. The Labute approximate surface area is 112 Å². The molecule has 0 radical (unpaired) electrons. The number of H-pyrrole nitrogens is 1. The highest BCUT2D eigenvalue weighted by Crippen LogP contribution is 2.20. The zero-order valence-electron chi connectivity index (χ0n) is 9.22. The van der Waals surface area contributed by atoms with Crippen molar-refractivity contribution < 1.29 is 12.8 Å². The number of nitrogens with zero attached hydrogens (tertiary/aromatic N) is 1. The Hall–Kier alpha value is -1.93. The van der Waals surface area contributed by atoms with Crippen LogP contribution in [0.15, 0.2) is 40.0 Å². The second kappa shape index (κ2) is 4.98. The first-order valence-corrected chi connectivity index (χ1v) is 6.78. The SMILES string of the molecule is O=c1ccc(NS(=O)(=O)c2ccc(Cl)cc2F)n[nH]1. The van der Waals surface area contributed by atoms with Crippen molar-refractivity contribution in [3.8, 4) is 0 Å². The smallest absolute Gasteiger partial charge is 0.266 e. The molecule has 0 atom stereocenters. The highest BCUT2D eigenvalue weighted by atomic mass is 35.5. The van der Waals surface area contributed by atoms with E-state index >= 15 is 0 Å². The monoisotopic (exact) mass is 303 g/mol. The molecular weight excluding hydrogens is 297 g/mol. The van der Waals surface area contributed by atoms with E-state index in [0.29, 0.717) is 0 Å². The molecular formula is C10H7ClFN3O3S. The van der Waals surface area contributed by atoms with Crippen LogP contribution in [0.2, 0.25) is 5.02 Å². The molecule has 2 N–H and O–H groups in total. The van der Waals surface area contributed by atoms with Crippen LogP contribution < -0.4 is 10.3 Å². The normalized spacial score (nSPS) is 11.3. The Morgan fingerprint density at radius 1 is 1.26 bits per heavy atom. The molecule has 1 aromatic heterocycles. The van der Waals surface area contributed by atoms with Crippen molar-refractivity contribution in [3.05, 3.63) is 51.5 Å². The molecule has 0 unspecified atom stereocenters. The van der Waals surface area contributed by atoms with Gasteiger partial charge in [0.1, 0.15) is 10.7 Å². The Kier molecular flexibility index (Phi) is 3.54. The number of halogens is 2. The summed E-state index contributed by atoms with van der Waals surface area (Å²) in [5.41, 5.74) is -0.486. The molecule has 1 aromatic carbocycles. The van der Waals surface area contributed by atoms with E-state index < -0.39 is 26.3 Å². The van der Waals surface area contributed by atoms with Crippen molar-refractivity contribution in [2.24, 2.45) is 0 Å². The number of rotatable bonds is 3. The maximum Gasteiger partial charge on any atom is 0.266 e. The number of anilines is 1. The quantitative estimate of drug-likeness (QED) is 0.895. The minimum absolute atomic E-state index is 0.0821. The largest absolute Gasteiger partial charge is 0.268 e. The highest BCUT2D eigenvalue weighted by molar-refractivity contribution is 7.92. The van der Waals surface area contributed by atoms with Crippen molar-refractivity contribution in [1.29, 1.82) is 0 Å². The Balaban J connectivity index is 2.37. The molecule has 0 saturated heterocycles. The van der Waals surface area contributed by atoms with Gasteiger partial charge in [0.2, 0.25) is 0 Å². The number of sulfonamides is 1. The van der Waals surface area contributed by atoms with Crippen LogP contribution in [0.25, 0.3) is 0 Å². The lowest BCUT2D eigenvalue weighted by Gasteiger charge is -2.07. The van der Waals surface area contributed by atoms with Crippen LogP contribution in [-0.2, 0) is 10.0 Å². The van der Waals surface area contributed by atoms with Gasteiger partial charge in [0, 0.05) is 11.1 Å². The molecule has 0 aliphatic rings. The minimum atomic E-state index is -4.14. The summed E-state index contributed by atoms with van der Waals surface area (Å²) in [5, 5.41) is 5.59. The van der Waals surface area contributed by atoms with Gasteiger partial charge in [0.15, 0.2) is 5.82 Å². The average molecular weight is 304 g/mol. The standard InChI is InChI=1S/C10H7ClFN3O3S/c11-6-1-2-8(7(12)5-6)19(17,18)15-9-3-4-10(16)14-13-9/h1-5H,(H,13,15)(H,14,16). The van der Waals surface area contributed by atoms with Gasteiger partial charge in [-0.15, -0.1) is 0 Å². The number of hydrogen-bond acceptors (Lipinski definition) is 4. The number of benzene rings is 1. The molecule has 0 bridgehead atoms.